The van der Waals surface area contributed by atoms with Crippen molar-refractivity contribution >= 4 is 5.91 Å². The van der Waals surface area contributed by atoms with Gasteiger partial charge in [-0.05, 0) is 49.1 Å². The molecule has 4 nitrogen and oxygen atoms in total. The highest BCUT2D eigenvalue weighted by atomic mass is 16.2. The summed E-state index contributed by atoms with van der Waals surface area (Å²) in [5.41, 5.74) is 1.28. The lowest BCUT2D eigenvalue weighted by Crippen LogP contribution is -2.47. The third-order valence-electron chi connectivity index (χ3n) is 6.43. The molecule has 4 heteroatoms. The first kappa shape index (κ1) is 17.0. The van der Waals surface area contributed by atoms with Crippen LogP contribution in [0.15, 0.2) is 24.5 Å². The first-order valence-electron chi connectivity index (χ1n) is 10.2. The number of carbonyl (C=O) groups excluding carboxylic acids is 1. The number of fused-ring (bicyclic) bond motifs is 4. The number of hydrogen-bond acceptors (Lipinski definition) is 3. The Balaban J connectivity index is 1.38. The van der Waals surface area contributed by atoms with Crippen molar-refractivity contribution in [3.05, 3.63) is 30.1 Å². The number of pyridine rings is 1. The Morgan fingerprint density at radius 2 is 1.96 bits per heavy atom. The maximum absolute atomic E-state index is 13.0. The van der Waals surface area contributed by atoms with Crippen molar-refractivity contribution in [3.8, 4) is 0 Å². The molecule has 0 aromatic carbocycles. The quantitative estimate of drug-likeness (QED) is 0.841. The maximum Gasteiger partial charge on any atom is 0.223 e. The fourth-order valence-corrected chi connectivity index (χ4v) is 5.12. The highest BCUT2D eigenvalue weighted by Gasteiger charge is 2.37. The van der Waals surface area contributed by atoms with Crippen LogP contribution < -0.4 is 0 Å². The van der Waals surface area contributed by atoms with Gasteiger partial charge in [-0.25, -0.2) is 0 Å². The standard InChI is InChI=1S/C21H31N3O/c25-21(11-17-5-2-1-3-6-17)24-15-19-8-9-20(24)16-23(14-19)13-18-7-4-10-22-12-18/h4,7,10,12,17,19-20H,1-3,5-6,8-9,11,13-16H2/t19-,20+/m0/s1. The number of nitrogens with zero attached hydrogens (tertiary/aromatic N) is 3. The molecule has 4 heterocycles. The molecular weight excluding hydrogens is 310 g/mol. The molecule has 0 unspecified atom stereocenters. The molecule has 0 radical (unpaired) electrons. The lowest BCUT2D eigenvalue weighted by molar-refractivity contribution is -0.136. The summed E-state index contributed by atoms with van der Waals surface area (Å²) in [6.45, 7) is 4.10. The monoisotopic (exact) mass is 341 g/mol. The minimum Gasteiger partial charge on any atom is -0.338 e. The molecule has 0 N–H and O–H groups in total. The average molecular weight is 341 g/mol. The van der Waals surface area contributed by atoms with E-state index in [0.717, 1.165) is 32.6 Å². The van der Waals surface area contributed by atoms with Crippen molar-refractivity contribution in [1.82, 2.24) is 14.8 Å². The molecule has 4 aliphatic rings. The number of hydrogen-bond donors (Lipinski definition) is 0. The van der Waals surface area contributed by atoms with Crippen LogP contribution >= 0.6 is 0 Å². The molecule has 2 atom stereocenters. The summed E-state index contributed by atoms with van der Waals surface area (Å²) in [6.07, 6.45) is 13.6. The van der Waals surface area contributed by atoms with E-state index in [1.54, 1.807) is 0 Å². The molecule has 1 aromatic rings. The highest BCUT2D eigenvalue weighted by molar-refractivity contribution is 5.77. The maximum atomic E-state index is 13.0. The minimum atomic E-state index is 0.423. The molecule has 5 rings (SSSR count). The molecule has 1 saturated carbocycles. The summed E-state index contributed by atoms with van der Waals surface area (Å²) in [5, 5.41) is 0. The summed E-state index contributed by atoms with van der Waals surface area (Å²) in [5.74, 6) is 1.73. The van der Waals surface area contributed by atoms with Crippen LogP contribution in [0.25, 0.3) is 0 Å². The zero-order chi connectivity index (χ0) is 17.1. The molecule has 3 saturated heterocycles. The van der Waals surface area contributed by atoms with Crippen molar-refractivity contribution in [2.45, 2.75) is 64.0 Å². The molecule has 1 aromatic heterocycles. The SMILES string of the molecule is O=C(CC1CCCCC1)N1C[C@H]2CC[C@@H]1CN(Cc1cccnc1)C2. The molecule has 1 aliphatic carbocycles. The molecule has 2 bridgehead atoms. The zero-order valence-electron chi connectivity index (χ0n) is 15.3. The van der Waals surface area contributed by atoms with Gasteiger partial charge in [0.2, 0.25) is 5.91 Å². The molecule has 25 heavy (non-hydrogen) atoms. The van der Waals surface area contributed by atoms with E-state index < -0.39 is 0 Å². The lowest BCUT2D eigenvalue weighted by atomic mass is 9.86. The predicted octanol–water partition coefficient (Wildman–Crippen LogP) is 3.47. The number of amides is 1. The van der Waals surface area contributed by atoms with Gasteiger partial charge >= 0.3 is 0 Å². The van der Waals surface area contributed by atoms with Gasteiger partial charge < -0.3 is 4.90 Å². The summed E-state index contributed by atoms with van der Waals surface area (Å²) in [7, 11) is 0. The third-order valence-corrected chi connectivity index (χ3v) is 6.43. The van der Waals surface area contributed by atoms with Crippen LogP contribution in [-0.2, 0) is 11.3 Å². The van der Waals surface area contributed by atoms with Gasteiger partial charge in [0.05, 0.1) is 0 Å². The lowest BCUT2D eigenvalue weighted by Gasteiger charge is -2.37. The fourth-order valence-electron chi connectivity index (χ4n) is 5.12. The van der Waals surface area contributed by atoms with E-state index in [2.05, 4.69) is 20.9 Å². The minimum absolute atomic E-state index is 0.423. The van der Waals surface area contributed by atoms with Crippen LogP contribution in [0.1, 0.15) is 56.9 Å². The Morgan fingerprint density at radius 1 is 1.08 bits per heavy atom. The highest BCUT2D eigenvalue weighted by Crippen LogP contribution is 2.32. The van der Waals surface area contributed by atoms with Crippen molar-refractivity contribution in [2.75, 3.05) is 19.6 Å². The summed E-state index contributed by atoms with van der Waals surface area (Å²) in [6, 6.07) is 4.60. The number of piperidine rings is 1. The van der Waals surface area contributed by atoms with E-state index in [0.29, 0.717) is 23.8 Å². The Hall–Kier alpha value is -1.42. The van der Waals surface area contributed by atoms with E-state index in [9.17, 15) is 4.79 Å². The second kappa shape index (κ2) is 7.86. The van der Waals surface area contributed by atoms with Gasteiger partial charge in [0.1, 0.15) is 0 Å². The topological polar surface area (TPSA) is 36.4 Å². The molecule has 4 fully saturated rings. The van der Waals surface area contributed by atoms with Crippen LogP contribution in [0.5, 0.6) is 0 Å². The molecular formula is C21H31N3O. The van der Waals surface area contributed by atoms with Gasteiger partial charge in [0, 0.05) is 51.0 Å². The number of aromatic nitrogens is 1. The van der Waals surface area contributed by atoms with Gasteiger partial charge in [-0.3, -0.25) is 14.7 Å². The van der Waals surface area contributed by atoms with Crippen molar-refractivity contribution in [1.29, 1.82) is 0 Å². The molecule has 1 amide bonds. The molecule has 136 valence electrons. The Kier molecular flexibility index (Phi) is 5.35. The van der Waals surface area contributed by atoms with Crippen LogP contribution in [-0.4, -0.2) is 46.4 Å². The van der Waals surface area contributed by atoms with E-state index in [4.69, 9.17) is 0 Å². The average Bonchev–Trinajstić information content (AvgIpc) is 2.94. The van der Waals surface area contributed by atoms with Crippen LogP contribution in [0, 0.1) is 11.8 Å². The van der Waals surface area contributed by atoms with Gasteiger partial charge in [0.25, 0.3) is 0 Å². The Morgan fingerprint density at radius 3 is 2.76 bits per heavy atom. The van der Waals surface area contributed by atoms with Crippen LogP contribution in [0.3, 0.4) is 0 Å². The van der Waals surface area contributed by atoms with Crippen LogP contribution in [0.2, 0.25) is 0 Å². The summed E-state index contributed by atoms with van der Waals surface area (Å²) < 4.78 is 0. The normalized spacial score (nSPS) is 28.1. The Labute approximate surface area is 151 Å². The Bertz CT molecular complexity index is 570. The van der Waals surface area contributed by atoms with Gasteiger partial charge in [0.15, 0.2) is 0 Å². The first-order valence-corrected chi connectivity index (χ1v) is 10.2. The van der Waals surface area contributed by atoms with Gasteiger partial charge in [-0.15, -0.1) is 0 Å². The van der Waals surface area contributed by atoms with E-state index in [1.165, 1.54) is 50.5 Å². The van der Waals surface area contributed by atoms with E-state index >= 15 is 0 Å². The largest absolute Gasteiger partial charge is 0.338 e. The number of carbonyl (C=O) groups is 1. The summed E-state index contributed by atoms with van der Waals surface area (Å²) in [4.78, 5) is 22.0. The molecule has 3 aliphatic heterocycles. The van der Waals surface area contributed by atoms with E-state index in [1.807, 2.05) is 18.5 Å². The smallest absolute Gasteiger partial charge is 0.223 e. The second-order valence-corrected chi connectivity index (χ2v) is 8.41. The first-order chi connectivity index (χ1) is 12.3. The summed E-state index contributed by atoms with van der Waals surface area (Å²) >= 11 is 0. The predicted molar refractivity (Wildman–Crippen MR) is 98.9 cm³/mol. The second-order valence-electron chi connectivity index (χ2n) is 8.41. The zero-order valence-corrected chi connectivity index (χ0v) is 15.3. The van der Waals surface area contributed by atoms with Crippen molar-refractivity contribution in [2.24, 2.45) is 11.8 Å². The van der Waals surface area contributed by atoms with E-state index in [-0.39, 0.29) is 0 Å². The van der Waals surface area contributed by atoms with Gasteiger partial charge in [-0.1, -0.05) is 25.3 Å². The van der Waals surface area contributed by atoms with Gasteiger partial charge in [-0.2, -0.15) is 0 Å². The van der Waals surface area contributed by atoms with Crippen molar-refractivity contribution < 1.29 is 4.79 Å². The number of rotatable bonds is 4. The van der Waals surface area contributed by atoms with Crippen LogP contribution in [0.4, 0.5) is 0 Å². The third kappa shape index (κ3) is 4.22. The molecule has 0 spiro atoms. The van der Waals surface area contributed by atoms with Crippen molar-refractivity contribution in [3.63, 3.8) is 0 Å². The fraction of sp³-hybridized carbons (Fsp3) is 0.714.